The minimum Gasteiger partial charge on any atom is -0.452 e. The molecule has 6 heteroatoms. The average molecular weight is 297 g/mol. The first kappa shape index (κ1) is 16.5. The Morgan fingerprint density at radius 2 is 2.05 bits per heavy atom. The van der Waals surface area contributed by atoms with Gasteiger partial charge < -0.3 is 14.8 Å². The van der Waals surface area contributed by atoms with E-state index in [2.05, 4.69) is 5.32 Å². The van der Waals surface area contributed by atoms with Gasteiger partial charge in [0.2, 0.25) is 0 Å². The average Bonchev–Trinajstić information content (AvgIpc) is 2.46. The van der Waals surface area contributed by atoms with Crippen molar-refractivity contribution in [2.45, 2.75) is 11.8 Å². The van der Waals surface area contributed by atoms with Crippen LogP contribution >= 0.6 is 11.8 Å². The molecular weight excluding hydrogens is 278 g/mol. The molecule has 1 aromatic carbocycles. The van der Waals surface area contributed by atoms with E-state index in [1.165, 1.54) is 0 Å². The van der Waals surface area contributed by atoms with Gasteiger partial charge in [0, 0.05) is 18.6 Å². The second-order valence-corrected chi connectivity index (χ2v) is 5.15. The molecule has 0 fully saturated rings. The molecule has 0 aliphatic rings. The molecule has 110 valence electrons. The summed E-state index contributed by atoms with van der Waals surface area (Å²) in [5.74, 6) is 0.0430. The van der Waals surface area contributed by atoms with Gasteiger partial charge >= 0.3 is 5.97 Å². The molecule has 1 N–H and O–H groups in total. The molecule has 0 heterocycles. The lowest BCUT2D eigenvalue weighted by atomic mass is 10.2. The number of esters is 1. The normalized spacial score (nSPS) is 10.1. The fourth-order valence-corrected chi connectivity index (χ4v) is 2.26. The summed E-state index contributed by atoms with van der Waals surface area (Å²) in [7, 11) is 1.55. The Bertz CT molecular complexity index is 451. The summed E-state index contributed by atoms with van der Waals surface area (Å²) in [6, 6.07) is 7.20. The van der Waals surface area contributed by atoms with Crippen molar-refractivity contribution in [2.75, 3.05) is 32.6 Å². The van der Waals surface area contributed by atoms with Crippen LogP contribution in [0.5, 0.6) is 0 Å². The molecule has 0 spiro atoms. The molecule has 0 unspecified atom stereocenters. The van der Waals surface area contributed by atoms with Crippen LogP contribution in [-0.4, -0.2) is 44.5 Å². The van der Waals surface area contributed by atoms with Crippen LogP contribution in [-0.2, 0) is 14.3 Å². The van der Waals surface area contributed by atoms with Crippen LogP contribution in [0.2, 0.25) is 0 Å². The zero-order valence-corrected chi connectivity index (χ0v) is 12.5. The van der Waals surface area contributed by atoms with Gasteiger partial charge in [-0.1, -0.05) is 19.1 Å². The van der Waals surface area contributed by atoms with Crippen molar-refractivity contribution in [2.24, 2.45) is 0 Å². The highest BCUT2D eigenvalue weighted by Crippen LogP contribution is 2.22. The largest absolute Gasteiger partial charge is 0.452 e. The molecule has 5 nitrogen and oxygen atoms in total. The predicted octanol–water partition coefficient (Wildman–Crippen LogP) is 1.72. The highest BCUT2D eigenvalue weighted by molar-refractivity contribution is 7.99. The van der Waals surface area contributed by atoms with Gasteiger partial charge in [0.1, 0.15) is 0 Å². The summed E-state index contributed by atoms with van der Waals surface area (Å²) in [5.41, 5.74) is 0.490. The lowest BCUT2D eigenvalue weighted by Gasteiger charge is -2.09. The number of rotatable bonds is 8. The SMILES string of the molecule is CCSc1ccccc1C(=O)OCC(=O)NCCOC. The minimum absolute atomic E-state index is 0.284. The summed E-state index contributed by atoms with van der Waals surface area (Å²) in [4.78, 5) is 24.2. The number of benzene rings is 1. The van der Waals surface area contributed by atoms with Gasteiger partial charge in [-0.05, 0) is 17.9 Å². The van der Waals surface area contributed by atoms with Crippen molar-refractivity contribution in [3.05, 3.63) is 29.8 Å². The predicted molar refractivity (Wildman–Crippen MR) is 78.0 cm³/mol. The van der Waals surface area contributed by atoms with Crippen LogP contribution in [0, 0.1) is 0 Å². The Balaban J connectivity index is 2.48. The first-order chi connectivity index (χ1) is 9.69. The lowest BCUT2D eigenvalue weighted by Crippen LogP contribution is -2.31. The maximum Gasteiger partial charge on any atom is 0.339 e. The van der Waals surface area contributed by atoms with Crippen LogP contribution in [0.15, 0.2) is 29.2 Å². The van der Waals surface area contributed by atoms with Gasteiger partial charge in [0.25, 0.3) is 5.91 Å². The summed E-state index contributed by atoms with van der Waals surface area (Å²) in [6.45, 7) is 2.55. The zero-order valence-electron chi connectivity index (χ0n) is 11.7. The second kappa shape index (κ2) is 9.39. The standard InChI is InChI=1S/C14H19NO4S/c1-3-20-12-7-5-4-6-11(12)14(17)19-10-13(16)15-8-9-18-2/h4-7H,3,8-10H2,1-2H3,(H,15,16). The molecule has 20 heavy (non-hydrogen) atoms. The van der Waals surface area contributed by atoms with Crippen molar-refractivity contribution < 1.29 is 19.1 Å². The van der Waals surface area contributed by atoms with E-state index in [1.807, 2.05) is 19.1 Å². The number of nitrogens with one attached hydrogen (secondary N) is 1. The van der Waals surface area contributed by atoms with E-state index in [0.29, 0.717) is 18.7 Å². The van der Waals surface area contributed by atoms with E-state index in [-0.39, 0.29) is 12.5 Å². The molecule has 0 aliphatic carbocycles. The topological polar surface area (TPSA) is 64.6 Å². The van der Waals surface area contributed by atoms with E-state index in [0.717, 1.165) is 10.6 Å². The van der Waals surface area contributed by atoms with Crippen molar-refractivity contribution in [3.8, 4) is 0 Å². The number of carbonyl (C=O) groups excluding carboxylic acids is 2. The molecule has 0 radical (unpaired) electrons. The van der Waals surface area contributed by atoms with Crippen molar-refractivity contribution in [1.29, 1.82) is 0 Å². The van der Waals surface area contributed by atoms with E-state index in [4.69, 9.17) is 9.47 Å². The first-order valence-electron chi connectivity index (χ1n) is 6.33. The number of methoxy groups -OCH3 is 1. The molecular formula is C14H19NO4S. The number of hydrogen-bond acceptors (Lipinski definition) is 5. The summed E-state index contributed by atoms with van der Waals surface area (Å²) in [5, 5.41) is 2.58. The third-order valence-corrected chi connectivity index (χ3v) is 3.33. The Morgan fingerprint density at radius 1 is 1.30 bits per heavy atom. The van der Waals surface area contributed by atoms with E-state index in [9.17, 15) is 9.59 Å². The number of ether oxygens (including phenoxy) is 2. The number of thioether (sulfide) groups is 1. The van der Waals surface area contributed by atoms with Crippen LogP contribution in [0.3, 0.4) is 0 Å². The Labute approximate surface area is 123 Å². The fraction of sp³-hybridized carbons (Fsp3) is 0.429. The smallest absolute Gasteiger partial charge is 0.339 e. The molecule has 0 saturated carbocycles. The van der Waals surface area contributed by atoms with E-state index >= 15 is 0 Å². The van der Waals surface area contributed by atoms with Gasteiger partial charge in [-0.15, -0.1) is 11.8 Å². The quantitative estimate of drug-likeness (QED) is 0.449. The number of carbonyl (C=O) groups is 2. The lowest BCUT2D eigenvalue weighted by molar-refractivity contribution is -0.124. The highest BCUT2D eigenvalue weighted by atomic mass is 32.2. The van der Waals surface area contributed by atoms with Crippen LogP contribution < -0.4 is 5.32 Å². The second-order valence-electron chi connectivity index (χ2n) is 3.85. The third kappa shape index (κ3) is 5.63. The van der Waals surface area contributed by atoms with Gasteiger partial charge in [-0.25, -0.2) is 4.79 Å². The summed E-state index contributed by atoms with van der Waals surface area (Å²) >= 11 is 1.56. The zero-order chi connectivity index (χ0) is 14.8. The van der Waals surface area contributed by atoms with Gasteiger partial charge in [-0.3, -0.25) is 4.79 Å². The maximum atomic E-state index is 11.9. The van der Waals surface area contributed by atoms with E-state index in [1.54, 1.807) is 31.0 Å². The molecule has 0 aliphatic heterocycles. The van der Waals surface area contributed by atoms with Crippen molar-refractivity contribution in [3.63, 3.8) is 0 Å². The maximum absolute atomic E-state index is 11.9. The molecule has 0 aromatic heterocycles. The van der Waals surface area contributed by atoms with Gasteiger partial charge in [-0.2, -0.15) is 0 Å². The van der Waals surface area contributed by atoms with Crippen LogP contribution in [0.1, 0.15) is 17.3 Å². The van der Waals surface area contributed by atoms with E-state index < -0.39 is 5.97 Å². The molecule has 1 aromatic rings. The molecule has 0 atom stereocenters. The summed E-state index contributed by atoms with van der Waals surface area (Å²) in [6.07, 6.45) is 0. The summed E-state index contributed by atoms with van der Waals surface area (Å²) < 4.78 is 9.81. The molecule has 1 rings (SSSR count). The molecule has 1 amide bonds. The minimum atomic E-state index is -0.483. The third-order valence-electron chi connectivity index (χ3n) is 2.37. The fourth-order valence-electron chi connectivity index (χ4n) is 1.47. The van der Waals surface area contributed by atoms with Crippen LogP contribution in [0.25, 0.3) is 0 Å². The first-order valence-corrected chi connectivity index (χ1v) is 7.32. The number of hydrogen-bond donors (Lipinski definition) is 1. The van der Waals surface area contributed by atoms with Crippen molar-refractivity contribution >= 4 is 23.6 Å². The Morgan fingerprint density at radius 3 is 2.75 bits per heavy atom. The van der Waals surface area contributed by atoms with Crippen molar-refractivity contribution in [1.82, 2.24) is 5.32 Å². The molecule has 0 bridgehead atoms. The Kier molecular flexibility index (Phi) is 7.75. The highest BCUT2D eigenvalue weighted by Gasteiger charge is 2.13. The van der Waals surface area contributed by atoms with Gasteiger partial charge in [0.15, 0.2) is 6.61 Å². The molecule has 0 saturated heterocycles. The monoisotopic (exact) mass is 297 g/mol. The van der Waals surface area contributed by atoms with Crippen LogP contribution in [0.4, 0.5) is 0 Å². The van der Waals surface area contributed by atoms with Gasteiger partial charge in [0.05, 0.1) is 12.2 Å². The number of amides is 1. The Hall–Kier alpha value is -1.53.